The van der Waals surface area contributed by atoms with E-state index in [0.29, 0.717) is 22.8 Å². The minimum atomic E-state index is -0.594. The van der Waals surface area contributed by atoms with E-state index in [-0.39, 0.29) is 11.6 Å². The number of hydrogen-bond acceptors (Lipinski definition) is 5. The number of pyridine rings is 1. The fourth-order valence-electron chi connectivity index (χ4n) is 1.84. The first-order valence-electron chi connectivity index (χ1n) is 6.40. The number of ether oxygens (including phenoxy) is 1. The van der Waals surface area contributed by atoms with E-state index in [0.717, 1.165) is 0 Å². The summed E-state index contributed by atoms with van der Waals surface area (Å²) in [4.78, 5) is 28.8. The number of H-pyrrole nitrogens is 1. The summed E-state index contributed by atoms with van der Waals surface area (Å²) >= 11 is 0. The molecule has 2 amide bonds. The van der Waals surface area contributed by atoms with Gasteiger partial charge in [-0.1, -0.05) is 0 Å². The summed E-state index contributed by atoms with van der Waals surface area (Å²) in [5.74, 6) is 0.304. The monoisotopic (exact) mass is 300 g/mol. The van der Waals surface area contributed by atoms with Gasteiger partial charge in [-0.3, -0.25) is 4.98 Å². The highest BCUT2D eigenvalue weighted by Crippen LogP contribution is 2.28. The minimum absolute atomic E-state index is 0.250. The lowest BCUT2D eigenvalue weighted by atomic mass is 10.3. The van der Waals surface area contributed by atoms with Gasteiger partial charge >= 0.3 is 11.8 Å². The number of aromatic nitrogens is 2. The van der Waals surface area contributed by atoms with Crippen molar-refractivity contribution in [2.45, 2.75) is 0 Å². The Hall–Kier alpha value is -3.29. The van der Waals surface area contributed by atoms with Gasteiger partial charge in [0.2, 0.25) is 5.58 Å². The first-order valence-corrected chi connectivity index (χ1v) is 6.40. The molecule has 0 aliphatic rings. The van der Waals surface area contributed by atoms with E-state index in [1.807, 2.05) is 0 Å². The van der Waals surface area contributed by atoms with Crippen LogP contribution in [0.25, 0.3) is 11.2 Å². The second-order valence-corrected chi connectivity index (χ2v) is 4.33. The SMILES string of the molecule is CNC(=O)Nc1ccc(Oc2ccnc3[nH]c(=O)oc23)cc1. The van der Waals surface area contributed by atoms with Crippen LogP contribution >= 0.6 is 0 Å². The standard InChI is InChI=1S/C14H12N4O4/c1-15-13(19)17-8-2-4-9(5-3-8)21-10-6-7-16-12-11(10)22-14(20)18-12/h2-7H,1H3,(H2,15,17,19)(H,16,18,20). The maximum Gasteiger partial charge on any atom is 0.418 e. The van der Waals surface area contributed by atoms with Crippen LogP contribution in [-0.2, 0) is 0 Å². The fraction of sp³-hybridized carbons (Fsp3) is 0.0714. The molecule has 2 heterocycles. The number of benzene rings is 1. The lowest BCUT2D eigenvalue weighted by Gasteiger charge is -2.07. The molecule has 2 aromatic heterocycles. The number of aromatic amines is 1. The molecule has 0 aliphatic carbocycles. The third-order valence-corrected chi connectivity index (χ3v) is 2.85. The van der Waals surface area contributed by atoms with Crippen molar-refractivity contribution < 1.29 is 13.9 Å². The van der Waals surface area contributed by atoms with Crippen LogP contribution in [0, 0.1) is 0 Å². The third-order valence-electron chi connectivity index (χ3n) is 2.85. The van der Waals surface area contributed by atoms with Crippen LogP contribution in [0.1, 0.15) is 0 Å². The van der Waals surface area contributed by atoms with Gasteiger partial charge in [-0.15, -0.1) is 0 Å². The van der Waals surface area contributed by atoms with E-state index >= 15 is 0 Å². The predicted molar refractivity (Wildman–Crippen MR) is 79.2 cm³/mol. The van der Waals surface area contributed by atoms with Gasteiger partial charge in [0.1, 0.15) is 5.75 Å². The maximum absolute atomic E-state index is 11.2. The van der Waals surface area contributed by atoms with Crippen LogP contribution in [0.5, 0.6) is 11.5 Å². The normalized spacial score (nSPS) is 10.4. The van der Waals surface area contributed by atoms with Crippen LogP contribution in [-0.4, -0.2) is 23.0 Å². The second-order valence-electron chi connectivity index (χ2n) is 4.33. The summed E-state index contributed by atoms with van der Waals surface area (Å²) in [6.45, 7) is 0. The van der Waals surface area contributed by atoms with E-state index in [9.17, 15) is 9.59 Å². The number of fused-ring (bicyclic) bond motifs is 1. The molecule has 0 saturated carbocycles. The van der Waals surface area contributed by atoms with Crippen molar-refractivity contribution in [1.82, 2.24) is 15.3 Å². The zero-order chi connectivity index (χ0) is 15.5. The van der Waals surface area contributed by atoms with Gasteiger partial charge in [0.15, 0.2) is 11.4 Å². The highest BCUT2D eigenvalue weighted by molar-refractivity contribution is 5.89. The van der Waals surface area contributed by atoms with Gasteiger partial charge in [0.05, 0.1) is 0 Å². The number of hydrogen-bond donors (Lipinski definition) is 3. The molecule has 3 N–H and O–H groups in total. The molecule has 22 heavy (non-hydrogen) atoms. The van der Waals surface area contributed by atoms with Crippen molar-refractivity contribution in [3.63, 3.8) is 0 Å². The molecular weight excluding hydrogens is 288 g/mol. The fourth-order valence-corrected chi connectivity index (χ4v) is 1.84. The van der Waals surface area contributed by atoms with Gasteiger partial charge in [-0.25, -0.2) is 14.6 Å². The second kappa shape index (κ2) is 5.60. The lowest BCUT2D eigenvalue weighted by Crippen LogP contribution is -2.24. The van der Waals surface area contributed by atoms with Gasteiger partial charge < -0.3 is 19.8 Å². The third kappa shape index (κ3) is 2.75. The Balaban J connectivity index is 1.83. The number of carbonyl (C=O) groups excluding carboxylic acids is 1. The van der Waals surface area contributed by atoms with Crippen LogP contribution < -0.4 is 21.1 Å². The van der Waals surface area contributed by atoms with E-state index in [4.69, 9.17) is 9.15 Å². The van der Waals surface area contributed by atoms with Crippen molar-refractivity contribution in [3.8, 4) is 11.5 Å². The maximum atomic E-state index is 11.2. The Morgan fingerprint density at radius 1 is 1.27 bits per heavy atom. The number of nitrogens with zero attached hydrogens (tertiary/aromatic N) is 1. The van der Waals surface area contributed by atoms with E-state index in [2.05, 4.69) is 20.6 Å². The molecule has 1 aromatic carbocycles. The number of oxazole rings is 1. The minimum Gasteiger partial charge on any atom is -0.453 e. The topological polar surface area (TPSA) is 109 Å². The van der Waals surface area contributed by atoms with Crippen molar-refractivity contribution >= 4 is 22.9 Å². The molecule has 0 spiro atoms. The van der Waals surface area contributed by atoms with Gasteiger partial charge in [0.25, 0.3) is 0 Å². The number of carbonyl (C=O) groups is 1. The number of nitrogens with one attached hydrogen (secondary N) is 3. The molecule has 0 aliphatic heterocycles. The van der Waals surface area contributed by atoms with Crippen LogP contribution in [0.2, 0.25) is 0 Å². The molecule has 0 unspecified atom stereocenters. The Labute approximate surface area is 124 Å². The first-order chi connectivity index (χ1) is 10.7. The molecule has 0 saturated heterocycles. The van der Waals surface area contributed by atoms with Crippen LogP contribution in [0.3, 0.4) is 0 Å². The highest BCUT2D eigenvalue weighted by atomic mass is 16.5. The Morgan fingerprint density at radius 3 is 2.77 bits per heavy atom. The van der Waals surface area contributed by atoms with Gasteiger partial charge in [-0.2, -0.15) is 0 Å². The van der Waals surface area contributed by atoms with Gasteiger partial charge in [-0.05, 0) is 24.3 Å². The first kappa shape index (κ1) is 13.7. The predicted octanol–water partition coefficient (Wildman–Crippen LogP) is 2.06. The summed E-state index contributed by atoms with van der Waals surface area (Å²) in [7, 11) is 1.53. The van der Waals surface area contributed by atoms with Crippen LogP contribution in [0.15, 0.2) is 45.7 Å². The van der Waals surface area contributed by atoms with Crippen molar-refractivity contribution in [1.29, 1.82) is 0 Å². The Kier molecular flexibility index (Phi) is 3.48. The zero-order valence-electron chi connectivity index (χ0n) is 11.5. The molecule has 0 fully saturated rings. The van der Waals surface area contributed by atoms with Gasteiger partial charge in [0, 0.05) is 25.0 Å². The number of amides is 2. The Morgan fingerprint density at radius 2 is 2.05 bits per heavy atom. The summed E-state index contributed by atoms with van der Waals surface area (Å²) in [6, 6.07) is 8.03. The summed E-state index contributed by atoms with van der Waals surface area (Å²) in [6.07, 6.45) is 1.50. The zero-order valence-corrected chi connectivity index (χ0v) is 11.5. The van der Waals surface area contributed by atoms with Crippen LogP contribution in [0.4, 0.5) is 10.5 Å². The van der Waals surface area contributed by atoms with E-state index < -0.39 is 5.76 Å². The smallest absolute Gasteiger partial charge is 0.418 e. The molecule has 0 atom stereocenters. The number of rotatable bonds is 3. The average Bonchev–Trinajstić information content (AvgIpc) is 2.90. The molecule has 0 bridgehead atoms. The summed E-state index contributed by atoms with van der Waals surface area (Å²) < 4.78 is 10.7. The quantitative estimate of drug-likeness (QED) is 0.686. The largest absolute Gasteiger partial charge is 0.453 e. The molecule has 8 heteroatoms. The van der Waals surface area contributed by atoms with Crippen molar-refractivity contribution in [2.24, 2.45) is 0 Å². The lowest BCUT2D eigenvalue weighted by molar-refractivity contribution is 0.254. The molecule has 8 nitrogen and oxygen atoms in total. The van der Waals surface area contributed by atoms with E-state index in [1.54, 1.807) is 30.3 Å². The summed E-state index contributed by atoms with van der Waals surface area (Å²) in [5.41, 5.74) is 1.19. The molecule has 0 radical (unpaired) electrons. The molecule has 3 aromatic rings. The Bertz CT molecular complexity index is 866. The molecular formula is C14H12N4O4. The van der Waals surface area contributed by atoms with Crippen molar-refractivity contribution in [3.05, 3.63) is 47.1 Å². The van der Waals surface area contributed by atoms with E-state index in [1.165, 1.54) is 13.2 Å². The number of anilines is 1. The average molecular weight is 300 g/mol. The van der Waals surface area contributed by atoms with Crippen molar-refractivity contribution in [2.75, 3.05) is 12.4 Å². The molecule has 3 rings (SSSR count). The molecule has 112 valence electrons. The number of urea groups is 1. The summed E-state index contributed by atoms with van der Waals surface area (Å²) in [5, 5.41) is 5.09. The highest BCUT2D eigenvalue weighted by Gasteiger charge is 2.10.